The Bertz CT molecular complexity index is 1050. The van der Waals surface area contributed by atoms with Gasteiger partial charge in [-0.05, 0) is 26.3 Å². The molecule has 0 bridgehead atoms. The molecule has 0 aliphatic carbocycles. The van der Waals surface area contributed by atoms with Gasteiger partial charge in [0.05, 0.1) is 54.8 Å². The van der Waals surface area contributed by atoms with E-state index in [0.29, 0.717) is 28.5 Å². The standard InChI is InChI=1S/C24H30N2O7S/c1-6-8-12-33-23(28)17-16(14-10-9-11-15(30-4)19(14)31-5)18(24(29)32-7-2)22-26(20(17)25)21(27)13(3)34-22/h9-11,13,16H,6-8,12,25H2,1-5H3. The van der Waals surface area contributed by atoms with Crippen molar-refractivity contribution in [3.05, 3.63) is 45.8 Å². The number of carbonyl (C=O) groups excluding carboxylic acids is 3. The molecule has 1 saturated heterocycles. The maximum atomic E-state index is 13.4. The van der Waals surface area contributed by atoms with E-state index < -0.39 is 23.1 Å². The highest BCUT2D eigenvalue weighted by Crippen LogP contribution is 2.52. The molecule has 34 heavy (non-hydrogen) atoms. The van der Waals surface area contributed by atoms with Crippen LogP contribution >= 0.6 is 11.8 Å². The zero-order chi connectivity index (χ0) is 25.0. The lowest BCUT2D eigenvalue weighted by atomic mass is 9.81. The van der Waals surface area contributed by atoms with Gasteiger partial charge in [0.1, 0.15) is 5.82 Å². The van der Waals surface area contributed by atoms with Crippen molar-refractivity contribution in [2.24, 2.45) is 5.73 Å². The van der Waals surface area contributed by atoms with Crippen LogP contribution in [0.4, 0.5) is 0 Å². The normalized spacial score (nSPS) is 19.8. The number of hydrogen-bond acceptors (Lipinski definition) is 9. The van der Waals surface area contributed by atoms with E-state index in [0.717, 1.165) is 6.42 Å². The number of thioether (sulfide) groups is 1. The zero-order valence-electron chi connectivity index (χ0n) is 20.0. The molecule has 2 aliphatic rings. The van der Waals surface area contributed by atoms with E-state index in [2.05, 4.69) is 0 Å². The number of benzene rings is 1. The third-order valence-electron chi connectivity index (χ3n) is 5.57. The topological polar surface area (TPSA) is 117 Å². The third-order valence-corrected chi connectivity index (χ3v) is 6.76. The number of para-hydroxylation sites is 1. The number of hydrogen-bond donors (Lipinski definition) is 1. The van der Waals surface area contributed by atoms with Crippen LogP contribution in [0.5, 0.6) is 11.5 Å². The molecule has 2 unspecified atom stereocenters. The molecule has 1 amide bonds. The smallest absolute Gasteiger partial charge is 0.338 e. The van der Waals surface area contributed by atoms with Crippen LogP contribution in [0, 0.1) is 0 Å². The van der Waals surface area contributed by atoms with E-state index in [1.54, 1.807) is 32.0 Å². The van der Waals surface area contributed by atoms with Gasteiger partial charge in [-0.2, -0.15) is 0 Å². The van der Waals surface area contributed by atoms with Crippen molar-refractivity contribution >= 4 is 29.6 Å². The quantitative estimate of drug-likeness (QED) is 0.412. The van der Waals surface area contributed by atoms with Gasteiger partial charge in [0.15, 0.2) is 11.5 Å². The molecule has 1 aromatic carbocycles. The lowest BCUT2D eigenvalue weighted by molar-refractivity contribution is -0.140. The Morgan fingerprint density at radius 1 is 1.09 bits per heavy atom. The van der Waals surface area contributed by atoms with Gasteiger partial charge in [0.25, 0.3) is 0 Å². The lowest BCUT2D eigenvalue weighted by Crippen LogP contribution is -2.40. The number of methoxy groups -OCH3 is 2. The fourth-order valence-corrected chi connectivity index (χ4v) is 5.14. The zero-order valence-corrected chi connectivity index (χ0v) is 20.8. The number of carbonyl (C=O) groups is 3. The number of nitrogens with zero attached hydrogens (tertiary/aromatic N) is 1. The van der Waals surface area contributed by atoms with Crippen molar-refractivity contribution in [2.75, 3.05) is 27.4 Å². The van der Waals surface area contributed by atoms with Crippen LogP contribution in [0.2, 0.25) is 0 Å². The minimum atomic E-state index is -0.991. The summed E-state index contributed by atoms with van der Waals surface area (Å²) in [6, 6.07) is 5.15. The van der Waals surface area contributed by atoms with Gasteiger partial charge in [-0.15, -0.1) is 0 Å². The van der Waals surface area contributed by atoms with E-state index in [1.165, 1.54) is 30.9 Å². The second-order valence-corrected chi connectivity index (χ2v) is 9.01. The summed E-state index contributed by atoms with van der Waals surface area (Å²) in [6.45, 7) is 5.67. The Kier molecular flexibility index (Phi) is 8.14. The third kappa shape index (κ3) is 4.46. The number of rotatable bonds is 9. The average Bonchev–Trinajstić information content (AvgIpc) is 3.12. The van der Waals surface area contributed by atoms with Gasteiger partial charge in [-0.3, -0.25) is 9.69 Å². The molecule has 3 rings (SSSR count). The predicted octanol–water partition coefficient (Wildman–Crippen LogP) is 3.05. The molecule has 0 aromatic heterocycles. The second kappa shape index (κ2) is 10.9. The lowest BCUT2D eigenvalue weighted by Gasteiger charge is -2.33. The first kappa shape index (κ1) is 25.5. The Labute approximate surface area is 203 Å². The molecule has 0 saturated carbocycles. The first-order chi connectivity index (χ1) is 16.3. The summed E-state index contributed by atoms with van der Waals surface area (Å²) in [4.78, 5) is 40.9. The van der Waals surface area contributed by atoms with E-state index in [4.69, 9.17) is 24.7 Å². The van der Waals surface area contributed by atoms with Gasteiger partial charge in [-0.25, -0.2) is 9.59 Å². The summed E-state index contributed by atoms with van der Waals surface area (Å²) in [5.41, 5.74) is 7.04. The monoisotopic (exact) mass is 490 g/mol. The fourth-order valence-electron chi connectivity index (χ4n) is 3.97. The van der Waals surface area contributed by atoms with Gasteiger partial charge in [0.2, 0.25) is 5.91 Å². The molecule has 2 heterocycles. The fraction of sp³-hybridized carbons (Fsp3) is 0.458. The molecular weight excluding hydrogens is 460 g/mol. The van der Waals surface area contributed by atoms with Crippen LogP contribution in [0.3, 0.4) is 0 Å². The molecule has 2 aliphatic heterocycles. The molecule has 9 nitrogen and oxygen atoms in total. The van der Waals surface area contributed by atoms with Gasteiger partial charge >= 0.3 is 11.9 Å². The first-order valence-electron chi connectivity index (χ1n) is 11.1. The van der Waals surface area contributed by atoms with Crippen LogP contribution in [0.15, 0.2) is 40.2 Å². The van der Waals surface area contributed by atoms with Crippen LogP contribution in [0.25, 0.3) is 0 Å². The number of amides is 1. The van der Waals surface area contributed by atoms with Crippen molar-refractivity contribution in [2.45, 2.75) is 44.8 Å². The Hall–Kier alpha value is -3.14. The number of ether oxygens (including phenoxy) is 4. The van der Waals surface area contributed by atoms with Gasteiger partial charge < -0.3 is 24.7 Å². The van der Waals surface area contributed by atoms with Crippen molar-refractivity contribution in [1.82, 2.24) is 4.90 Å². The van der Waals surface area contributed by atoms with E-state index in [-0.39, 0.29) is 36.1 Å². The van der Waals surface area contributed by atoms with E-state index in [9.17, 15) is 14.4 Å². The summed E-state index contributed by atoms with van der Waals surface area (Å²) >= 11 is 1.20. The summed E-state index contributed by atoms with van der Waals surface area (Å²) in [7, 11) is 2.96. The van der Waals surface area contributed by atoms with Gasteiger partial charge in [-0.1, -0.05) is 37.2 Å². The molecule has 1 aromatic rings. The number of nitrogens with two attached hydrogens (primary N) is 1. The number of esters is 2. The Morgan fingerprint density at radius 3 is 2.41 bits per heavy atom. The highest BCUT2D eigenvalue weighted by Gasteiger charge is 2.49. The molecule has 1 fully saturated rings. The summed E-state index contributed by atoms with van der Waals surface area (Å²) in [5.74, 6) is -2.00. The summed E-state index contributed by atoms with van der Waals surface area (Å²) in [5, 5.41) is -0.158. The van der Waals surface area contributed by atoms with E-state index in [1.807, 2.05) is 6.92 Å². The van der Waals surface area contributed by atoms with Crippen LogP contribution < -0.4 is 15.2 Å². The van der Waals surface area contributed by atoms with Crippen molar-refractivity contribution in [3.63, 3.8) is 0 Å². The van der Waals surface area contributed by atoms with Crippen LogP contribution in [0.1, 0.15) is 45.1 Å². The van der Waals surface area contributed by atoms with E-state index >= 15 is 0 Å². The largest absolute Gasteiger partial charge is 0.493 e. The highest BCUT2D eigenvalue weighted by molar-refractivity contribution is 8.04. The maximum Gasteiger partial charge on any atom is 0.338 e. The molecule has 0 spiro atoms. The molecule has 0 radical (unpaired) electrons. The summed E-state index contributed by atoms with van der Waals surface area (Å²) in [6.07, 6.45) is 1.49. The molecule has 2 atom stereocenters. The number of unbranched alkanes of at least 4 members (excludes halogenated alkanes) is 1. The molecule has 184 valence electrons. The Balaban J connectivity index is 2.31. The molecular formula is C24H30N2O7S. The van der Waals surface area contributed by atoms with Crippen LogP contribution in [-0.2, 0) is 23.9 Å². The first-order valence-corrected chi connectivity index (χ1v) is 12.0. The second-order valence-electron chi connectivity index (χ2n) is 7.68. The molecule has 10 heteroatoms. The van der Waals surface area contributed by atoms with Crippen molar-refractivity contribution in [3.8, 4) is 11.5 Å². The average molecular weight is 491 g/mol. The van der Waals surface area contributed by atoms with Crippen molar-refractivity contribution < 1.29 is 33.3 Å². The highest BCUT2D eigenvalue weighted by atomic mass is 32.2. The minimum Gasteiger partial charge on any atom is -0.493 e. The predicted molar refractivity (Wildman–Crippen MR) is 127 cm³/mol. The number of fused-ring (bicyclic) bond motifs is 1. The SMILES string of the molecule is CCCCOC(=O)C1=C(N)N2C(=O)C(C)SC2=C(C(=O)OCC)C1c1cccc(OC)c1OC. The van der Waals surface area contributed by atoms with Gasteiger partial charge in [0, 0.05) is 5.56 Å². The van der Waals surface area contributed by atoms with Crippen molar-refractivity contribution in [1.29, 1.82) is 0 Å². The van der Waals surface area contributed by atoms with Crippen LogP contribution in [-0.4, -0.2) is 55.4 Å². The Morgan fingerprint density at radius 2 is 1.79 bits per heavy atom. The maximum absolute atomic E-state index is 13.4. The minimum absolute atomic E-state index is 0.0162. The summed E-state index contributed by atoms with van der Waals surface area (Å²) < 4.78 is 21.9. The molecule has 2 N–H and O–H groups in total.